The summed E-state index contributed by atoms with van der Waals surface area (Å²) >= 11 is 5.49. The van der Waals surface area contributed by atoms with Crippen LogP contribution in [0.15, 0.2) is 18.2 Å². The van der Waals surface area contributed by atoms with E-state index in [1.807, 2.05) is 0 Å². The predicted octanol–water partition coefficient (Wildman–Crippen LogP) is 1.76. The number of rotatable bonds is 7. The van der Waals surface area contributed by atoms with Gasteiger partial charge in [-0.05, 0) is 24.1 Å². The Balaban J connectivity index is 2.54. The molecule has 19 heavy (non-hydrogen) atoms. The molecule has 8 heteroatoms. The first-order valence-electron chi connectivity index (χ1n) is 5.43. The second kappa shape index (κ2) is 6.83. The summed E-state index contributed by atoms with van der Waals surface area (Å²) in [5.41, 5.74) is 0.271. The first-order valence-corrected chi connectivity index (χ1v) is 7.46. The zero-order valence-electron chi connectivity index (χ0n) is 9.90. The van der Waals surface area contributed by atoms with Crippen molar-refractivity contribution < 1.29 is 22.7 Å². The van der Waals surface area contributed by atoms with Gasteiger partial charge in [0.2, 0.25) is 10.0 Å². The molecule has 0 unspecified atom stereocenters. The van der Waals surface area contributed by atoms with Gasteiger partial charge in [0.05, 0.1) is 10.8 Å². The number of carboxylic acid groups (broad SMARTS) is 1. The van der Waals surface area contributed by atoms with E-state index in [-0.39, 0.29) is 35.7 Å². The van der Waals surface area contributed by atoms with Crippen LogP contribution in [0.5, 0.6) is 0 Å². The number of halogens is 2. The van der Waals surface area contributed by atoms with Crippen LogP contribution in [-0.4, -0.2) is 26.0 Å². The molecule has 0 heterocycles. The molecule has 0 aromatic heterocycles. The van der Waals surface area contributed by atoms with E-state index in [4.69, 9.17) is 16.7 Å². The van der Waals surface area contributed by atoms with Gasteiger partial charge in [0, 0.05) is 13.0 Å². The van der Waals surface area contributed by atoms with Crippen molar-refractivity contribution in [3.63, 3.8) is 0 Å². The van der Waals surface area contributed by atoms with Gasteiger partial charge in [-0.2, -0.15) is 0 Å². The van der Waals surface area contributed by atoms with Crippen molar-refractivity contribution >= 4 is 27.6 Å². The fraction of sp³-hybridized carbons (Fsp3) is 0.364. The van der Waals surface area contributed by atoms with Crippen molar-refractivity contribution in [2.45, 2.75) is 18.6 Å². The first kappa shape index (κ1) is 15.9. The third-order valence-corrected chi connectivity index (χ3v) is 3.89. The highest BCUT2D eigenvalue weighted by Gasteiger charge is 2.12. The minimum atomic E-state index is -3.61. The third-order valence-electron chi connectivity index (χ3n) is 2.23. The average molecular weight is 310 g/mol. The molecule has 0 aliphatic heterocycles. The van der Waals surface area contributed by atoms with Gasteiger partial charge in [-0.1, -0.05) is 17.7 Å². The Labute approximate surface area is 115 Å². The molecule has 0 aliphatic rings. The lowest BCUT2D eigenvalue weighted by molar-refractivity contribution is -0.137. The third kappa shape index (κ3) is 6.00. The lowest BCUT2D eigenvalue weighted by atomic mass is 10.2. The molecule has 0 spiro atoms. The molecule has 1 rings (SSSR count). The molecule has 1 aromatic carbocycles. The maximum atomic E-state index is 13.1. The fourth-order valence-corrected chi connectivity index (χ4v) is 2.66. The van der Waals surface area contributed by atoms with Crippen molar-refractivity contribution in [2.24, 2.45) is 0 Å². The van der Waals surface area contributed by atoms with E-state index in [1.165, 1.54) is 12.1 Å². The molecule has 0 amide bonds. The zero-order valence-corrected chi connectivity index (χ0v) is 11.5. The molecule has 106 valence electrons. The number of hydrogen-bond acceptors (Lipinski definition) is 3. The second-order valence-corrected chi connectivity index (χ2v) is 6.11. The van der Waals surface area contributed by atoms with Crippen molar-refractivity contribution in [1.82, 2.24) is 4.72 Å². The van der Waals surface area contributed by atoms with Gasteiger partial charge in [-0.15, -0.1) is 0 Å². The van der Waals surface area contributed by atoms with Gasteiger partial charge in [-0.3, -0.25) is 4.79 Å². The number of aliphatic carboxylic acids is 1. The molecule has 0 aliphatic carbocycles. The fourth-order valence-electron chi connectivity index (χ4n) is 1.37. The van der Waals surface area contributed by atoms with Gasteiger partial charge in [0.15, 0.2) is 0 Å². The molecule has 1 aromatic rings. The SMILES string of the molecule is O=C(O)CCCNS(=O)(=O)Cc1ccc(Cl)c(F)c1. The van der Waals surface area contributed by atoms with Crippen molar-refractivity contribution in [3.8, 4) is 0 Å². The van der Waals surface area contributed by atoms with Crippen LogP contribution in [0.4, 0.5) is 4.39 Å². The lowest BCUT2D eigenvalue weighted by Crippen LogP contribution is -2.26. The number of carboxylic acids is 1. The Morgan fingerprint density at radius 2 is 2.11 bits per heavy atom. The summed E-state index contributed by atoms with van der Waals surface area (Å²) in [5.74, 6) is -2.05. The van der Waals surface area contributed by atoms with Gasteiger partial charge in [-0.25, -0.2) is 17.5 Å². The minimum Gasteiger partial charge on any atom is -0.481 e. The van der Waals surface area contributed by atoms with E-state index < -0.39 is 21.8 Å². The summed E-state index contributed by atoms with van der Waals surface area (Å²) in [4.78, 5) is 10.3. The van der Waals surface area contributed by atoms with Gasteiger partial charge >= 0.3 is 5.97 Å². The molecule has 2 N–H and O–H groups in total. The minimum absolute atomic E-state index is 0.0324. The topological polar surface area (TPSA) is 83.5 Å². The maximum absolute atomic E-state index is 13.1. The lowest BCUT2D eigenvalue weighted by Gasteiger charge is -2.06. The number of hydrogen-bond donors (Lipinski definition) is 2. The van der Waals surface area contributed by atoms with Crippen molar-refractivity contribution in [1.29, 1.82) is 0 Å². The van der Waals surface area contributed by atoms with E-state index in [1.54, 1.807) is 0 Å². The summed E-state index contributed by atoms with van der Waals surface area (Å²) in [7, 11) is -3.61. The molecule has 0 fully saturated rings. The van der Waals surface area contributed by atoms with Crippen LogP contribution in [0.25, 0.3) is 0 Å². The summed E-state index contributed by atoms with van der Waals surface area (Å²) in [6.07, 6.45) is 0.0850. The number of carbonyl (C=O) groups is 1. The molecular formula is C11H13ClFNO4S. The molecule has 5 nitrogen and oxygen atoms in total. The van der Waals surface area contributed by atoms with Crippen LogP contribution in [0.3, 0.4) is 0 Å². The molecule has 0 radical (unpaired) electrons. The Morgan fingerprint density at radius 3 is 2.68 bits per heavy atom. The summed E-state index contributed by atoms with van der Waals surface area (Å²) < 4.78 is 38.6. The Bertz CT molecular complexity index is 562. The Morgan fingerprint density at radius 1 is 1.42 bits per heavy atom. The predicted molar refractivity (Wildman–Crippen MR) is 68.9 cm³/mol. The Kier molecular flexibility index (Phi) is 5.71. The van der Waals surface area contributed by atoms with Gasteiger partial charge in [0.1, 0.15) is 5.82 Å². The quantitative estimate of drug-likeness (QED) is 0.752. The largest absolute Gasteiger partial charge is 0.481 e. The molecule has 0 bridgehead atoms. The summed E-state index contributed by atoms with van der Waals surface area (Å²) in [6, 6.07) is 3.76. The van der Waals surface area contributed by atoms with Crippen LogP contribution < -0.4 is 4.72 Å². The molecule has 0 saturated heterocycles. The van der Waals surface area contributed by atoms with Crippen LogP contribution in [0.1, 0.15) is 18.4 Å². The number of benzene rings is 1. The standard InChI is InChI=1S/C11H13ClFNO4S/c12-9-4-3-8(6-10(9)13)7-19(17,18)14-5-1-2-11(15)16/h3-4,6,14H,1-2,5,7H2,(H,15,16). The van der Waals surface area contributed by atoms with Crippen LogP contribution >= 0.6 is 11.6 Å². The normalized spacial score (nSPS) is 11.5. The van der Waals surface area contributed by atoms with Crippen LogP contribution in [0, 0.1) is 5.82 Å². The molecule has 0 atom stereocenters. The maximum Gasteiger partial charge on any atom is 0.303 e. The molecule has 0 saturated carbocycles. The highest BCUT2D eigenvalue weighted by molar-refractivity contribution is 7.88. The molecular weight excluding hydrogens is 297 g/mol. The monoisotopic (exact) mass is 309 g/mol. The average Bonchev–Trinajstić information content (AvgIpc) is 2.29. The van der Waals surface area contributed by atoms with Gasteiger partial charge in [0.25, 0.3) is 0 Å². The van der Waals surface area contributed by atoms with E-state index in [9.17, 15) is 17.6 Å². The van der Waals surface area contributed by atoms with E-state index >= 15 is 0 Å². The second-order valence-electron chi connectivity index (χ2n) is 3.90. The summed E-state index contributed by atoms with van der Waals surface area (Å²) in [5, 5.41) is 8.33. The van der Waals surface area contributed by atoms with Gasteiger partial charge < -0.3 is 5.11 Å². The zero-order chi connectivity index (χ0) is 14.5. The van der Waals surface area contributed by atoms with E-state index in [0.717, 1.165) is 6.07 Å². The summed E-state index contributed by atoms with van der Waals surface area (Å²) in [6.45, 7) is 0.0324. The highest BCUT2D eigenvalue weighted by Crippen LogP contribution is 2.16. The first-order chi connectivity index (χ1) is 8.80. The highest BCUT2D eigenvalue weighted by atomic mass is 35.5. The smallest absolute Gasteiger partial charge is 0.303 e. The van der Waals surface area contributed by atoms with Crippen molar-refractivity contribution in [2.75, 3.05) is 6.54 Å². The van der Waals surface area contributed by atoms with E-state index in [2.05, 4.69) is 4.72 Å². The van der Waals surface area contributed by atoms with Crippen LogP contribution in [0.2, 0.25) is 5.02 Å². The van der Waals surface area contributed by atoms with Crippen molar-refractivity contribution in [3.05, 3.63) is 34.6 Å². The number of nitrogens with one attached hydrogen (secondary N) is 1. The van der Waals surface area contributed by atoms with E-state index in [0.29, 0.717) is 0 Å². The number of sulfonamides is 1. The van der Waals surface area contributed by atoms with Crippen LogP contribution in [-0.2, 0) is 20.6 Å². The Hall–Kier alpha value is -1.18.